The van der Waals surface area contributed by atoms with E-state index >= 15 is 0 Å². The van der Waals surface area contributed by atoms with Gasteiger partial charge in [-0.1, -0.05) is 45.4 Å². The number of carbonyl (C=O) groups is 2. The molecule has 0 aromatic heterocycles. The van der Waals surface area contributed by atoms with Gasteiger partial charge in [0.15, 0.2) is 0 Å². The SMILES string of the molecule is CCCCCCCCCOc1ccc(C(=O)N[C@H]2CCOC2=O)cc1. The van der Waals surface area contributed by atoms with Crippen LogP contribution in [0.5, 0.6) is 5.75 Å². The zero-order valence-corrected chi connectivity index (χ0v) is 15.1. The largest absolute Gasteiger partial charge is 0.494 e. The van der Waals surface area contributed by atoms with Gasteiger partial charge >= 0.3 is 5.97 Å². The third-order valence-electron chi connectivity index (χ3n) is 4.37. The molecule has 1 saturated heterocycles. The van der Waals surface area contributed by atoms with Crippen LogP contribution in [0, 0.1) is 0 Å². The Hall–Kier alpha value is -2.04. The Balaban J connectivity index is 1.64. The summed E-state index contributed by atoms with van der Waals surface area (Å²) >= 11 is 0. The lowest BCUT2D eigenvalue weighted by atomic mass is 10.1. The van der Waals surface area contributed by atoms with E-state index in [9.17, 15) is 9.59 Å². The van der Waals surface area contributed by atoms with Gasteiger partial charge in [-0.2, -0.15) is 0 Å². The number of unbranched alkanes of at least 4 members (excludes halogenated alkanes) is 6. The summed E-state index contributed by atoms with van der Waals surface area (Å²) < 4.78 is 10.6. The lowest BCUT2D eigenvalue weighted by molar-refractivity contribution is -0.139. The van der Waals surface area contributed by atoms with E-state index < -0.39 is 6.04 Å². The van der Waals surface area contributed by atoms with Crippen molar-refractivity contribution in [2.45, 2.75) is 64.3 Å². The molecule has 1 aliphatic rings. The van der Waals surface area contributed by atoms with E-state index in [1.807, 2.05) is 0 Å². The van der Waals surface area contributed by atoms with Gasteiger partial charge in [-0.15, -0.1) is 0 Å². The van der Waals surface area contributed by atoms with Gasteiger partial charge < -0.3 is 14.8 Å². The number of hydrogen-bond donors (Lipinski definition) is 1. The monoisotopic (exact) mass is 347 g/mol. The summed E-state index contributed by atoms with van der Waals surface area (Å²) in [7, 11) is 0. The van der Waals surface area contributed by atoms with Crippen molar-refractivity contribution in [3.05, 3.63) is 29.8 Å². The Morgan fingerprint density at radius 2 is 1.80 bits per heavy atom. The lowest BCUT2D eigenvalue weighted by Crippen LogP contribution is -2.37. The molecule has 1 N–H and O–H groups in total. The average Bonchev–Trinajstić information content (AvgIpc) is 3.02. The van der Waals surface area contributed by atoms with E-state index in [4.69, 9.17) is 9.47 Å². The van der Waals surface area contributed by atoms with Crippen LogP contribution in [-0.2, 0) is 9.53 Å². The van der Waals surface area contributed by atoms with Gasteiger partial charge in [-0.3, -0.25) is 4.79 Å². The van der Waals surface area contributed by atoms with Crippen molar-refractivity contribution in [3.63, 3.8) is 0 Å². The second-order valence-corrected chi connectivity index (χ2v) is 6.48. The summed E-state index contributed by atoms with van der Waals surface area (Å²) in [5, 5.41) is 2.69. The molecule has 138 valence electrons. The minimum absolute atomic E-state index is 0.262. The molecule has 5 heteroatoms. The number of carbonyl (C=O) groups excluding carboxylic acids is 2. The van der Waals surface area contributed by atoms with Crippen molar-refractivity contribution >= 4 is 11.9 Å². The van der Waals surface area contributed by atoms with E-state index in [1.54, 1.807) is 24.3 Å². The van der Waals surface area contributed by atoms with Crippen LogP contribution in [0.25, 0.3) is 0 Å². The fourth-order valence-corrected chi connectivity index (χ4v) is 2.82. The number of cyclic esters (lactones) is 1. The van der Waals surface area contributed by atoms with Crippen LogP contribution < -0.4 is 10.1 Å². The van der Waals surface area contributed by atoms with Crippen LogP contribution in [-0.4, -0.2) is 31.1 Å². The molecule has 2 rings (SSSR count). The summed E-state index contributed by atoms with van der Waals surface area (Å²) in [5.41, 5.74) is 0.517. The molecular weight excluding hydrogens is 318 g/mol. The predicted octanol–water partition coefficient (Wildman–Crippen LogP) is 3.86. The molecule has 1 fully saturated rings. The van der Waals surface area contributed by atoms with Crippen LogP contribution in [0.1, 0.15) is 68.6 Å². The van der Waals surface area contributed by atoms with Crippen molar-refractivity contribution in [2.75, 3.05) is 13.2 Å². The highest BCUT2D eigenvalue weighted by atomic mass is 16.5. The number of amides is 1. The number of rotatable bonds is 11. The minimum Gasteiger partial charge on any atom is -0.494 e. The summed E-state index contributed by atoms with van der Waals surface area (Å²) in [6, 6.07) is 6.50. The molecule has 1 atom stereocenters. The first-order valence-electron chi connectivity index (χ1n) is 9.41. The maximum Gasteiger partial charge on any atom is 0.328 e. The quantitative estimate of drug-likeness (QED) is 0.488. The fraction of sp³-hybridized carbons (Fsp3) is 0.600. The minimum atomic E-state index is -0.527. The van der Waals surface area contributed by atoms with Crippen LogP contribution in [0.15, 0.2) is 24.3 Å². The lowest BCUT2D eigenvalue weighted by Gasteiger charge is -2.10. The van der Waals surface area contributed by atoms with Crippen molar-refractivity contribution in [3.8, 4) is 5.75 Å². The van der Waals surface area contributed by atoms with Crippen LogP contribution in [0.4, 0.5) is 0 Å². The van der Waals surface area contributed by atoms with Crippen molar-refractivity contribution in [1.29, 1.82) is 0 Å². The van der Waals surface area contributed by atoms with Gasteiger partial charge in [0.05, 0.1) is 13.2 Å². The molecule has 1 aliphatic heterocycles. The zero-order chi connectivity index (χ0) is 17.9. The van der Waals surface area contributed by atoms with Gasteiger partial charge in [0.2, 0.25) is 0 Å². The molecule has 0 saturated carbocycles. The second-order valence-electron chi connectivity index (χ2n) is 6.48. The van der Waals surface area contributed by atoms with E-state index in [-0.39, 0.29) is 11.9 Å². The third kappa shape index (κ3) is 6.77. The van der Waals surface area contributed by atoms with Crippen LogP contribution in [0.3, 0.4) is 0 Å². The Labute approximate surface area is 150 Å². The molecular formula is C20H29NO4. The average molecular weight is 347 g/mol. The van der Waals surface area contributed by atoms with E-state index in [0.29, 0.717) is 25.2 Å². The predicted molar refractivity (Wildman–Crippen MR) is 96.8 cm³/mol. The van der Waals surface area contributed by atoms with Crippen molar-refractivity contribution < 1.29 is 19.1 Å². The maximum absolute atomic E-state index is 12.1. The van der Waals surface area contributed by atoms with Gasteiger partial charge in [0.25, 0.3) is 5.91 Å². The first-order valence-corrected chi connectivity index (χ1v) is 9.41. The Morgan fingerprint density at radius 1 is 1.12 bits per heavy atom. The molecule has 1 heterocycles. The van der Waals surface area contributed by atoms with E-state index in [2.05, 4.69) is 12.2 Å². The summed E-state index contributed by atoms with van der Waals surface area (Å²) in [5.74, 6) is 0.147. The number of nitrogens with one attached hydrogen (secondary N) is 1. The molecule has 0 unspecified atom stereocenters. The summed E-state index contributed by atoms with van der Waals surface area (Å²) in [4.78, 5) is 23.5. The van der Waals surface area contributed by atoms with Gasteiger partial charge in [-0.25, -0.2) is 4.79 Å². The summed E-state index contributed by atoms with van der Waals surface area (Å²) in [6.45, 7) is 3.30. The third-order valence-corrected chi connectivity index (χ3v) is 4.37. The Bertz CT molecular complexity index is 541. The normalized spacial score (nSPS) is 16.5. The molecule has 0 radical (unpaired) electrons. The Kier molecular flexibility index (Phi) is 8.29. The Morgan fingerprint density at radius 3 is 2.44 bits per heavy atom. The van der Waals surface area contributed by atoms with Crippen LogP contribution >= 0.6 is 0 Å². The number of ether oxygens (including phenoxy) is 2. The highest BCUT2D eigenvalue weighted by Crippen LogP contribution is 2.14. The molecule has 0 spiro atoms. The molecule has 5 nitrogen and oxygen atoms in total. The summed E-state index contributed by atoms with van der Waals surface area (Å²) in [6.07, 6.45) is 9.31. The standard InChI is InChI=1S/C20H29NO4/c1-2-3-4-5-6-7-8-14-24-17-11-9-16(10-12-17)19(22)21-18-13-15-25-20(18)23/h9-12,18H,2-8,13-15H2,1H3,(H,21,22)/t18-/m0/s1. The fourth-order valence-electron chi connectivity index (χ4n) is 2.82. The van der Waals surface area contributed by atoms with Crippen molar-refractivity contribution in [1.82, 2.24) is 5.32 Å². The highest BCUT2D eigenvalue weighted by molar-refractivity contribution is 5.97. The second kappa shape index (κ2) is 10.7. The molecule has 0 bridgehead atoms. The molecule has 1 aromatic carbocycles. The van der Waals surface area contributed by atoms with Gasteiger partial charge in [0, 0.05) is 12.0 Å². The maximum atomic E-state index is 12.1. The smallest absolute Gasteiger partial charge is 0.328 e. The molecule has 25 heavy (non-hydrogen) atoms. The van der Waals surface area contributed by atoms with Gasteiger partial charge in [-0.05, 0) is 30.7 Å². The zero-order valence-electron chi connectivity index (χ0n) is 15.1. The topological polar surface area (TPSA) is 64.6 Å². The van der Waals surface area contributed by atoms with Crippen molar-refractivity contribution in [2.24, 2.45) is 0 Å². The first kappa shape index (κ1) is 19.3. The highest BCUT2D eigenvalue weighted by Gasteiger charge is 2.28. The van der Waals surface area contributed by atoms with E-state index in [0.717, 1.165) is 12.2 Å². The van der Waals surface area contributed by atoms with E-state index in [1.165, 1.54) is 38.5 Å². The van der Waals surface area contributed by atoms with Crippen LogP contribution in [0.2, 0.25) is 0 Å². The van der Waals surface area contributed by atoms with Gasteiger partial charge in [0.1, 0.15) is 11.8 Å². The first-order chi connectivity index (χ1) is 12.2. The molecule has 1 amide bonds. The number of esters is 1. The molecule has 1 aromatic rings. The number of benzene rings is 1. The number of hydrogen-bond acceptors (Lipinski definition) is 4. The molecule has 0 aliphatic carbocycles.